The lowest BCUT2D eigenvalue weighted by Crippen LogP contribution is -2.65. The van der Waals surface area contributed by atoms with Crippen LogP contribution in [-0.4, -0.2) is 140 Å². The van der Waals surface area contributed by atoms with Crippen molar-refractivity contribution < 1.29 is 64.6 Å². The summed E-state index contributed by atoms with van der Waals surface area (Å²) < 4.78 is 22.8. The van der Waals surface area contributed by atoms with E-state index < -0.39 is 86.8 Å². The molecule has 12 atom stereocenters. The molecule has 2 rings (SSSR count). The van der Waals surface area contributed by atoms with Gasteiger partial charge in [0.05, 0.1) is 32.0 Å². The number of ether oxygens (including phenoxy) is 4. The van der Waals surface area contributed by atoms with Gasteiger partial charge in [0.2, 0.25) is 5.91 Å². The minimum Gasteiger partial charge on any atom is -0.394 e. The van der Waals surface area contributed by atoms with Gasteiger partial charge in [0.1, 0.15) is 48.8 Å². The zero-order valence-electron chi connectivity index (χ0n) is 50.4. The molecule has 0 radical (unpaired) electrons. The molecule has 14 nitrogen and oxygen atoms in total. The first-order valence-electron chi connectivity index (χ1n) is 33.1. The Morgan fingerprint density at radius 2 is 0.797 bits per heavy atom. The number of aliphatic hydroxyl groups excluding tert-OH is 8. The summed E-state index contributed by atoms with van der Waals surface area (Å²) >= 11 is 0. The van der Waals surface area contributed by atoms with Gasteiger partial charge in [0.25, 0.3) is 0 Å². The number of carbonyl (C=O) groups excluding carboxylic acids is 1. The number of amides is 1. The summed E-state index contributed by atoms with van der Waals surface area (Å²) in [5.74, 6) is -0.234. The summed E-state index contributed by atoms with van der Waals surface area (Å²) in [5.41, 5.74) is 0. The van der Waals surface area contributed by atoms with Crippen molar-refractivity contribution in [1.29, 1.82) is 0 Å². The lowest BCUT2D eigenvalue weighted by Gasteiger charge is -2.46. The SMILES string of the molecule is CCCCCCCCCC/C=C\CCCCCCCCCCCCCCCCCCCC(=O)NC(COC1OC(CO)C(OC2OC(CO)C(O)C(O)C2O)C(O)C1O)C(O)/C=C/CCCCCCCCCCCCCCCC. The van der Waals surface area contributed by atoms with Crippen LogP contribution in [0.15, 0.2) is 24.3 Å². The van der Waals surface area contributed by atoms with E-state index in [2.05, 4.69) is 31.3 Å². The normalized spacial score (nSPS) is 24.5. The van der Waals surface area contributed by atoms with E-state index in [0.717, 1.165) is 38.5 Å². The van der Waals surface area contributed by atoms with Gasteiger partial charge in [-0.25, -0.2) is 0 Å². The maximum Gasteiger partial charge on any atom is 0.220 e. The van der Waals surface area contributed by atoms with Crippen LogP contribution >= 0.6 is 0 Å². The van der Waals surface area contributed by atoms with E-state index in [0.29, 0.717) is 6.42 Å². The third kappa shape index (κ3) is 36.0. The molecule has 1 amide bonds. The molecule has 2 heterocycles. The summed E-state index contributed by atoms with van der Waals surface area (Å²) in [4.78, 5) is 13.3. The zero-order chi connectivity index (χ0) is 57.4. The van der Waals surface area contributed by atoms with E-state index in [9.17, 15) is 45.6 Å². The van der Waals surface area contributed by atoms with Crippen molar-refractivity contribution in [2.45, 2.75) is 364 Å². The van der Waals surface area contributed by atoms with Crippen LogP contribution in [0.1, 0.15) is 290 Å². The minimum absolute atomic E-state index is 0.234. The van der Waals surface area contributed by atoms with Crippen molar-refractivity contribution in [3.63, 3.8) is 0 Å². The molecule has 9 N–H and O–H groups in total. The second-order valence-corrected chi connectivity index (χ2v) is 23.6. The Balaban J connectivity index is 1.67. The molecular weight excluding hydrogens is 1000 g/mol. The fourth-order valence-electron chi connectivity index (χ4n) is 11.1. The summed E-state index contributed by atoms with van der Waals surface area (Å²) in [6, 6.07) is -0.912. The molecule has 0 aromatic rings. The fraction of sp³-hybridized carbons (Fsp3) is 0.923. The molecule has 0 aromatic carbocycles. The first-order chi connectivity index (χ1) is 38.6. The van der Waals surface area contributed by atoms with Crippen LogP contribution in [0, 0.1) is 0 Å². The maximum absolute atomic E-state index is 13.3. The average Bonchev–Trinajstić information content (AvgIpc) is 3.48. The Bertz CT molecular complexity index is 1420. The summed E-state index contributed by atoms with van der Waals surface area (Å²) in [7, 11) is 0. The number of carbonyl (C=O) groups is 1. The van der Waals surface area contributed by atoms with Crippen molar-refractivity contribution >= 4 is 5.91 Å². The summed E-state index contributed by atoms with van der Waals surface area (Å²) in [6.07, 6.45) is 45.2. The molecule has 2 aliphatic heterocycles. The maximum atomic E-state index is 13.3. The van der Waals surface area contributed by atoms with Gasteiger partial charge in [-0.3, -0.25) is 4.79 Å². The second-order valence-electron chi connectivity index (χ2n) is 23.6. The standard InChI is InChI=1S/C65H123NO13/c1-3-5-7-9-11-13-15-17-19-21-22-23-24-25-26-27-28-29-30-31-32-33-35-37-39-41-43-45-47-49-57(70)66-53(54(69)48-46-44-42-40-38-36-34-20-18-16-14-12-10-8-6-4-2)52-76-64-62(75)60(73)63(56(51-68)78-64)79-65-61(74)59(72)58(71)55(50-67)77-65/h21-22,46,48,53-56,58-65,67-69,71-75H,3-20,23-45,47,49-52H2,1-2H3,(H,66,70)/b22-21-,48-46+. The third-order valence-electron chi connectivity index (χ3n) is 16.4. The van der Waals surface area contributed by atoms with Crippen molar-refractivity contribution in [2.24, 2.45) is 0 Å². The van der Waals surface area contributed by atoms with Gasteiger partial charge in [-0.05, 0) is 44.9 Å². The molecule has 466 valence electrons. The molecule has 2 saturated heterocycles. The topological polar surface area (TPSA) is 228 Å². The summed E-state index contributed by atoms with van der Waals surface area (Å²) in [6.45, 7) is 2.83. The lowest BCUT2D eigenvalue weighted by molar-refractivity contribution is -0.359. The predicted molar refractivity (Wildman–Crippen MR) is 318 cm³/mol. The molecular formula is C65H123NO13. The smallest absolute Gasteiger partial charge is 0.220 e. The van der Waals surface area contributed by atoms with Crippen LogP contribution in [0.25, 0.3) is 0 Å². The number of rotatable bonds is 54. The summed E-state index contributed by atoms with van der Waals surface area (Å²) in [5, 5.41) is 87.2. The number of unbranched alkanes of at least 4 members (excludes halogenated alkanes) is 39. The van der Waals surface area contributed by atoms with E-state index in [1.54, 1.807) is 6.08 Å². The van der Waals surface area contributed by atoms with E-state index in [4.69, 9.17) is 18.9 Å². The molecule has 2 aliphatic rings. The monoisotopic (exact) mass is 1130 g/mol. The van der Waals surface area contributed by atoms with Crippen LogP contribution in [0.3, 0.4) is 0 Å². The Labute approximate surface area is 481 Å². The number of allylic oxidation sites excluding steroid dienone is 3. The lowest BCUT2D eigenvalue weighted by atomic mass is 9.97. The quantitative estimate of drug-likeness (QED) is 0.0204. The van der Waals surface area contributed by atoms with Crippen molar-refractivity contribution in [1.82, 2.24) is 5.32 Å². The molecule has 0 spiro atoms. The molecule has 14 heteroatoms. The highest BCUT2D eigenvalue weighted by molar-refractivity contribution is 5.76. The minimum atomic E-state index is -1.79. The number of aliphatic hydroxyl groups is 8. The van der Waals surface area contributed by atoms with Gasteiger partial charge < -0.3 is 65.1 Å². The number of hydrogen-bond acceptors (Lipinski definition) is 13. The van der Waals surface area contributed by atoms with Crippen LogP contribution in [0.4, 0.5) is 0 Å². The van der Waals surface area contributed by atoms with E-state index in [1.165, 1.54) is 225 Å². The van der Waals surface area contributed by atoms with E-state index >= 15 is 0 Å². The highest BCUT2D eigenvalue weighted by Crippen LogP contribution is 2.30. The van der Waals surface area contributed by atoms with E-state index in [-0.39, 0.29) is 18.9 Å². The molecule has 0 bridgehead atoms. The van der Waals surface area contributed by atoms with Crippen molar-refractivity contribution in [3.8, 4) is 0 Å². The Hall–Kier alpha value is -1.53. The Kier molecular flexibility index (Phi) is 47.4. The van der Waals surface area contributed by atoms with Crippen molar-refractivity contribution in [2.75, 3.05) is 19.8 Å². The second kappa shape index (κ2) is 50.9. The van der Waals surface area contributed by atoms with Gasteiger partial charge in [-0.2, -0.15) is 0 Å². The highest BCUT2D eigenvalue weighted by atomic mass is 16.7. The average molecular weight is 1130 g/mol. The molecule has 0 aliphatic carbocycles. The van der Waals surface area contributed by atoms with Crippen molar-refractivity contribution in [3.05, 3.63) is 24.3 Å². The molecule has 79 heavy (non-hydrogen) atoms. The molecule has 0 aromatic heterocycles. The predicted octanol–water partition coefficient (Wildman–Crippen LogP) is 12.4. The van der Waals surface area contributed by atoms with Gasteiger partial charge in [-0.1, -0.05) is 263 Å². The third-order valence-corrected chi connectivity index (χ3v) is 16.4. The fourth-order valence-corrected chi connectivity index (χ4v) is 11.1. The molecule has 0 saturated carbocycles. The first kappa shape index (κ1) is 73.6. The van der Waals surface area contributed by atoms with E-state index in [1.807, 2.05) is 6.08 Å². The van der Waals surface area contributed by atoms with Gasteiger partial charge >= 0.3 is 0 Å². The van der Waals surface area contributed by atoms with Gasteiger partial charge in [-0.15, -0.1) is 0 Å². The Morgan fingerprint density at radius 1 is 0.443 bits per heavy atom. The first-order valence-corrected chi connectivity index (χ1v) is 33.1. The van der Waals surface area contributed by atoms with Crippen LogP contribution in [0.5, 0.6) is 0 Å². The molecule has 2 fully saturated rings. The van der Waals surface area contributed by atoms with Crippen LogP contribution in [-0.2, 0) is 23.7 Å². The van der Waals surface area contributed by atoms with Gasteiger partial charge in [0.15, 0.2) is 12.6 Å². The number of hydrogen-bond donors (Lipinski definition) is 9. The largest absolute Gasteiger partial charge is 0.394 e. The van der Waals surface area contributed by atoms with Gasteiger partial charge in [0, 0.05) is 6.42 Å². The van der Waals surface area contributed by atoms with Crippen LogP contribution in [0.2, 0.25) is 0 Å². The highest BCUT2D eigenvalue weighted by Gasteiger charge is 2.51. The molecule has 12 unspecified atom stereocenters. The zero-order valence-corrected chi connectivity index (χ0v) is 50.4. The Morgan fingerprint density at radius 3 is 1.20 bits per heavy atom. The number of nitrogens with one attached hydrogen (secondary N) is 1. The van der Waals surface area contributed by atoms with Crippen LogP contribution < -0.4 is 5.32 Å².